The second kappa shape index (κ2) is 6.80. The molecule has 0 aliphatic rings. The van der Waals surface area contributed by atoms with Crippen LogP contribution in [0.5, 0.6) is 0 Å². The van der Waals surface area contributed by atoms with Crippen LogP contribution in [0.2, 0.25) is 0 Å². The average molecular weight is 239 g/mol. The van der Waals surface area contributed by atoms with Crippen molar-refractivity contribution in [2.45, 2.75) is 19.3 Å². The quantitative estimate of drug-likeness (QED) is 0.444. The Bertz CT molecular complexity index is 371. The maximum atomic E-state index is 10.8. The number of aliphatic hydroxyl groups excluding tert-OH is 1. The van der Waals surface area contributed by atoms with Gasteiger partial charge in [-0.2, -0.15) is 0 Å². The zero-order chi connectivity index (χ0) is 12.7. The lowest BCUT2D eigenvalue weighted by atomic mass is 10.2. The standard InChI is InChI=1S/C11H17N3O3/c1-13(7-3-2-4-8-15)10-5-6-12-9-11(10)14(16)17/h5-6,9,15H,2-4,7-8H2,1H3. The van der Waals surface area contributed by atoms with E-state index in [-0.39, 0.29) is 12.3 Å². The van der Waals surface area contributed by atoms with Crippen LogP contribution < -0.4 is 4.90 Å². The highest BCUT2D eigenvalue weighted by atomic mass is 16.6. The van der Waals surface area contributed by atoms with Crippen molar-refractivity contribution in [3.8, 4) is 0 Å². The molecule has 0 radical (unpaired) electrons. The Morgan fingerprint density at radius 3 is 2.88 bits per heavy atom. The molecule has 1 heterocycles. The van der Waals surface area contributed by atoms with Gasteiger partial charge in [-0.3, -0.25) is 15.1 Å². The van der Waals surface area contributed by atoms with Crippen LogP contribution in [0.15, 0.2) is 18.5 Å². The van der Waals surface area contributed by atoms with Crippen molar-refractivity contribution in [2.75, 3.05) is 25.1 Å². The number of aliphatic hydroxyl groups is 1. The predicted molar refractivity (Wildman–Crippen MR) is 65.1 cm³/mol. The third-order valence-electron chi connectivity index (χ3n) is 2.54. The maximum absolute atomic E-state index is 10.8. The van der Waals surface area contributed by atoms with E-state index < -0.39 is 4.92 Å². The monoisotopic (exact) mass is 239 g/mol. The molecule has 6 heteroatoms. The molecule has 0 atom stereocenters. The SMILES string of the molecule is CN(CCCCCO)c1ccncc1[N+](=O)[O-]. The molecule has 1 aromatic heterocycles. The van der Waals surface area contributed by atoms with Crippen LogP contribution >= 0.6 is 0 Å². The molecule has 0 aromatic carbocycles. The highest BCUT2D eigenvalue weighted by molar-refractivity contribution is 5.61. The van der Waals surface area contributed by atoms with Crippen molar-refractivity contribution < 1.29 is 10.0 Å². The summed E-state index contributed by atoms with van der Waals surface area (Å²) in [5.41, 5.74) is 0.603. The molecular weight excluding hydrogens is 222 g/mol. The van der Waals surface area contributed by atoms with Crippen molar-refractivity contribution in [2.24, 2.45) is 0 Å². The van der Waals surface area contributed by atoms with Gasteiger partial charge >= 0.3 is 5.69 Å². The first kappa shape index (κ1) is 13.4. The average Bonchev–Trinajstić information content (AvgIpc) is 2.34. The molecule has 0 saturated heterocycles. The van der Waals surface area contributed by atoms with Crippen LogP contribution in [0.25, 0.3) is 0 Å². The summed E-state index contributed by atoms with van der Waals surface area (Å²) in [6.45, 7) is 0.921. The molecule has 0 spiro atoms. The van der Waals surface area contributed by atoms with Gasteiger partial charge in [0.1, 0.15) is 11.9 Å². The summed E-state index contributed by atoms with van der Waals surface area (Å²) in [5, 5.41) is 19.5. The van der Waals surface area contributed by atoms with Gasteiger partial charge in [0.15, 0.2) is 0 Å². The molecule has 0 aliphatic heterocycles. The summed E-state index contributed by atoms with van der Waals surface area (Å²) in [4.78, 5) is 16.0. The van der Waals surface area contributed by atoms with E-state index in [9.17, 15) is 10.1 Å². The van der Waals surface area contributed by atoms with Crippen LogP contribution in [0.3, 0.4) is 0 Å². The Kier molecular flexibility index (Phi) is 5.35. The van der Waals surface area contributed by atoms with Crippen molar-refractivity contribution >= 4 is 11.4 Å². The van der Waals surface area contributed by atoms with Crippen LogP contribution in [0.1, 0.15) is 19.3 Å². The van der Waals surface area contributed by atoms with E-state index in [1.807, 2.05) is 11.9 Å². The van der Waals surface area contributed by atoms with Gasteiger partial charge in [0.05, 0.1) is 4.92 Å². The second-order valence-corrected chi connectivity index (χ2v) is 3.83. The minimum atomic E-state index is -0.424. The number of hydrogen-bond donors (Lipinski definition) is 1. The normalized spacial score (nSPS) is 10.2. The number of nitrogens with zero attached hydrogens (tertiary/aromatic N) is 3. The van der Waals surface area contributed by atoms with Gasteiger partial charge in [-0.05, 0) is 25.3 Å². The van der Waals surface area contributed by atoms with E-state index in [1.165, 1.54) is 6.20 Å². The first-order valence-electron chi connectivity index (χ1n) is 5.57. The molecule has 0 amide bonds. The number of pyridine rings is 1. The fourth-order valence-electron chi connectivity index (χ4n) is 1.60. The third kappa shape index (κ3) is 3.99. The number of nitro groups is 1. The zero-order valence-electron chi connectivity index (χ0n) is 9.87. The highest BCUT2D eigenvalue weighted by Gasteiger charge is 2.16. The minimum absolute atomic E-state index is 0.0251. The number of hydrogen-bond acceptors (Lipinski definition) is 5. The van der Waals surface area contributed by atoms with E-state index in [0.717, 1.165) is 25.8 Å². The summed E-state index contributed by atoms with van der Waals surface area (Å²) in [6, 6.07) is 1.64. The molecule has 0 saturated carbocycles. The summed E-state index contributed by atoms with van der Waals surface area (Å²) in [6.07, 6.45) is 5.40. The van der Waals surface area contributed by atoms with Gasteiger partial charge in [-0.15, -0.1) is 0 Å². The molecule has 6 nitrogen and oxygen atoms in total. The van der Waals surface area contributed by atoms with Crippen LogP contribution in [-0.4, -0.2) is 35.2 Å². The van der Waals surface area contributed by atoms with Crippen molar-refractivity contribution in [3.63, 3.8) is 0 Å². The Morgan fingerprint density at radius 2 is 2.24 bits per heavy atom. The van der Waals surface area contributed by atoms with E-state index >= 15 is 0 Å². The number of anilines is 1. The van der Waals surface area contributed by atoms with Gasteiger partial charge in [0.2, 0.25) is 0 Å². The Labute approximate surface area is 100 Å². The lowest BCUT2D eigenvalue weighted by Crippen LogP contribution is -2.19. The van der Waals surface area contributed by atoms with Crippen LogP contribution in [0, 0.1) is 10.1 Å². The zero-order valence-corrected chi connectivity index (χ0v) is 9.87. The smallest absolute Gasteiger partial charge is 0.310 e. The summed E-state index contributed by atoms with van der Waals surface area (Å²) < 4.78 is 0. The summed E-state index contributed by atoms with van der Waals surface area (Å²) in [7, 11) is 1.82. The highest BCUT2D eigenvalue weighted by Crippen LogP contribution is 2.25. The first-order chi connectivity index (χ1) is 8.16. The lowest BCUT2D eigenvalue weighted by molar-refractivity contribution is -0.384. The molecule has 1 rings (SSSR count). The predicted octanol–water partition coefficient (Wildman–Crippen LogP) is 1.59. The second-order valence-electron chi connectivity index (χ2n) is 3.83. The molecule has 0 aliphatic carbocycles. The first-order valence-corrected chi connectivity index (χ1v) is 5.57. The molecule has 1 N–H and O–H groups in total. The summed E-state index contributed by atoms with van der Waals surface area (Å²) >= 11 is 0. The van der Waals surface area contributed by atoms with Crippen molar-refractivity contribution in [3.05, 3.63) is 28.6 Å². The number of aromatic nitrogens is 1. The molecule has 1 aromatic rings. The summed E-state index contributed by atoms with van der Waals surface area (Å²) in [5.74, 6) is 0. The van der Waals surface area contributed by atoms with Gasteiger partial charge in [-0.1, -0.05) is 0 Å². The third-order valence-corrected chi connectivity index (χ3v) is 2.54. The molecule has 17 heavy (non-hydrogen) atoms. The fraction of sp³-hybridized carbons (Fsp3) is 0.545. The van der Waals surface area contributed by atoms with Crippen LogP contribution in [-0.2, 0) is 0 Å². The molecule has 94 valence electrons. The topological polar surface area (TPSA) is 79.5 Å². The number of unbranched alkanes of at least 4 members (excludes halogenated alkanes) is 2. The van der Waals surface area contributed by atoms with E-state index in [2.05, 4.69) is 4.98 Å². The molecule has 0 fully saturated rings. The van der Waals surface area contributed by atoms with Crippen LogP contribution in [0.4, 0.5) is 11.4 Å². The molecule has 0 bridgehead atoms. The van der Waals surface area contributed by atoms with Gasteiger partial charge in [-0.25, -0.2) is 0 Å². The van der Waals surface area contributed by atoms with Gasteiger partial charge in [0, 0.05) is 26.4 Å². The van der Waals surface area contributed by atoms with E-state index in [1.54, 1.807) is 12.3 Å². The molecule has 0 unspecified atom stereocenters. The van der Waals surface area contributed by atoms with Crippen molar-refractivity contribution in [1.29, 1.82) is 0 Å². The fourth-order valence-corrected chi connectivity index (χ4v) is 1.60. The van der Waals surface area contributed by atoms with E-state index in [4.69, 9.17) is 5.11 Å². The van der Waals surface area contributed by atoms with E-state index in [0.29, 0.717) is 5.69 Å². The Morgan fingerprint density at radius 1 is 1.47 bits per heavy atom. The van der Waals surface area contributed by atoms with Gasteiger partial charge < -0.3 is 10.0 Å². The number of rotatable bonds is 7. The van der Waals surface area contributed by atoms with Crippen molar-refractivity contribution in [1.82, 2.24) is 4.98 Å². The Balaban J connectivity index is 2.62. The maximum Gasteiger partial charge on any atom is 0.310 e. The lowest BCUT2D eigenvalue weighted by Gasteiger charge is -2.18. The van der Waals surface area contributed by atoms with Gasteiger partial charge in [0.25, 0.3) is 0 Å². The minimum Gasteiger partial charge on any atom is -0.396 e. The molecular formula is C11H17N3O3. The Hall–Kier alpha value is -1.69. The largest absolute Gasteiger partial charge is 0.396 e.